The summed E-state index contributed by atoms with van der Waals surface area (Å²) in [6.07, 6.45) is 3.62. The van der Waals surface area contributed by atoms with Gasteiger partial charge in [-0.3, -0.25) is 14.5 Å². The maximum Gasteiger partial charge on any atom is 0.367 e. The number of hydrogen-bond acceptors (Lipinski definition) is 14. The minimum absolute atomic E-state index is 0.109. The van der Waals surface area contributed by atoms with Crippen LogP contribution in [0.25, 0.3) is 6.08 Å². The molecule has 0 aromatic carbocycles. The first-order valence-electron chi connectivity index (χ1n) is 11.8. The molecule has 17 heteroatoms. The molecule has 2 amide bonds. The Hall–Kier alpha value is -3.96. The lowest BCUT2D eigenvalue weighted by molar-refractivity contribution is -0.150. The molecule has 1 saturated heterocycles. The molecule has 3 aliphatic rings. The number of aliphatic carboxylic acids is 1. The zero-order chi connectivity index (χ0) is 28.6. The number of esters is 1. The summed E-state index contributed by atoms with van der Waals surface area (Å²) in [5.41, 5.74) is 6.82. The maximum atomic E-state index is 13.1. The van der Waals surface area contributed by atoms with Gasteiger partial charge in [0.2, 0.25) is 5.01 Å². The van der Waals surface area contributed by atoms with Crippen molar-refractivity contribution in [1.29, 1.82) is 0 Å². The largest absolute Gasteiger partial charge is 0.477 e. The number of rotatable bonds is 9. The van der Waals surface area contributed by atoms with Gasteiger partial charge in [0, 0.05) is 23.9 Å². The number of oxime groups is 1. The fourth-order valence-electron chi connectivity index (χ4n) is 4.37. The van der Waals surface area contributed by atoms with Crippen molar-refractivity contribution in [3.05, 3.63) is 44.1 Å². The Labute approximate surface area is 239 Å². The van der Waals surface area contributed by atoms with E-state index < -0.39 is 35.2 Å². The first kappa shape index (κ1) is 27.6. The van der Waals surface area contributed by atoms with Crippen LogP contribution in [0.2, 0.25) is 0 Å². The molecule has 3 aliphatic heterocycles. The van der Waals surface area contributed by atoms with Crippen molar-refractivity contribution < 1.29 is 33.9 Å². The second kappa shape index (κ2) is 11.3. The number of ether oxygens (including phenoxy) is 1. The third kappa shape index (κ3) is 5.14. The highest BCUT2D eigenvalue weighted by Crippen LogP contribution is 2.41. The third-order valence-corrected chi connectivity index (χ3v) is 9.12. The van der Waals surface area contributed by atoms with Gasteiger partial charge >= 0.3 is 11.9 Å². The van der Waals surface area contributed by atoms with Gasteiger partial charge in [-0.05, 0) is 18.6 Å². The van der Waals surface area contributed by atoms with E-state index in [2.05, 4.69) is 20.4 Å². The number of fused-ring (bicyclic) bond motifs is 2. The number of nitrogens with two attached hydrogens (primary N) is 1. The van der Waals surface area contributed by atoms with Crippen molar-refractivity contribution in [2.45, 2.75) is 24.9 Å². The zero-order valence-electron chi connectivity index (χ0n) is 21.2. The molecule has 2 aromatic heterocycles. The Balaban J connectivity index is 1.29. The first-order chi connectivity index (χ1) is 19.2. The summed E-state index contributed by atoms with van der Waals surface area (Å²) in [5.74, 6) is -2.64. The molecule has 0 spiro atoms. The molecule has 2 aromatic rings. The van der Waals surface area contributed by atoms with E-state index in [-0.39, 0.29) is 40.4 Å². The Bertz CT molecular complexity index is 1480. The summed E-state index contributed by atoms with van der Waals surface area (Å²) in [7, 11) is 1.27. The quantitative estimate of drug-likeness (QED) is 0.159. The van der Waals surface area contributed by atoms with Gasteiger partial charge in [-0.2, -0.15) is 0 Å². The van der Waals surface area contributed by atoms with E-state index in [1.807, 2.05) is 17.2 Å². The van der Waals surface area contributed by atoms with E-state index in [0.29, 0.717) is 23.6 Å². The highest BCUT2D eigenvalue weighted by Gasteiger charge is 2.54. The molecule has 4 N–H and O–H groups in total. The van der Waals surface area contributed by atoms with Crippen molar-refractivity contribution in [2.24, 2.45) is 5.16 Å². The number of nitrogens with one attached hydrogen (secondary N) is 1. The van der Waals surface area contributed by atoms with Gasteiger partial charge in [0.05, 0.1) is 23.7 Å². The minimum atomic E-state index is -1.24. The number of thioether (sulfide) groups is 1. The van der Waals surface area contributed by atoms with E-state index in [9.17, 15) is 24.3 Å². The summed E-state index contributed by atoms with van der Waals surface area (Å²) in [5, 5.41) is 17.8. The van der Waals surface area contributed by atoms with Crippen molar-refractivity contribution in [3.63, 3.8) is 0 Å². The highest BCUT2D eigenvalue weighted by molar-refractivity contribution is 8.00. The van der Waals surface area contributed by atoms with E-state index in [0.717, 1.165) is 16.2 Å². The van der Waals surface area contributed by atoms with Gasteiger partial charge in [-0.1, -0.05) is 5.16 Å². The van der Waals surface area contributed by atoms with Gasteiger partial charge in [-0.15, -0.1) is 34.4 Å². The summed E-state index contributed by atoms with van der Waals surface area (Å²) < 4.78 is 5.03. The molecular weight excluding hydrogens is 582 g/mol. The van der Waals surface area contributed by atoms with Crippen LogP contribution >= 0.6 is 34.4 Å². The molecular formula is C23H23N7O7S3. The Kier molecular flexibility index (Phi) is 7.77. The number of thiazole rings is 2. The van der Waals surface area contributed by atoms with Crippen LogP contribution in [0.4, 0.5) is 5.13 Å². The van der Waals surface area contributed by atoms with Crippen LogP contribution in [0.1, 0.15) is 33.0 Å². The number of amides is 2. The van der Waals surface area contributed by atoms with Crippen molar-refractivity contribution in [1.82, 2.24) is 25.1 Å². The number of anilines is 1. The van der Waals surface area contributed by atoms with Crippen LogP contribution in [-0.2, 0) is 30.5 Å². The average molecular weight is 606 g/mol. The molecule has 210 valence electrons. The molecule has 5 heterocycles. The summed E-state index contributed by atoms with van der Waals surface area (Å²) in [6, 6.07) is -0.958. The van der Waals surface area contributed by atoms with Gasteiger partial charge < -0.3 is 30.6 Å². The van der Waals surface area contributed by atoms with Crippen LogP contribution in [0.3, 0.4) is 0 Å². The van der Waals surface area contributed by atoms with Crippen LogP contribution in [0.15, 0.2) is 28.0 Å². The van der Waals surface area contributed by atoms with Crippen molar-refractivity contribution in [3.8, 4) is 0 Å². The van der Waals surface area contributed by atoms with Crippen LogP contribution < -0.4 is 11.1 Å². The summed E-state index contributed by atoms with van der Waals surface area (Å²) in [6.45, 7) is 2.57. The predicted molar refractivity (Wildman–Crippen MR) is 147 cm³/mol. The molecule has 40 heavy (non-hydrogen) atoms. The number of carboxylic acid groups (broad SMARTS) is 1. The van der Waals surface area contributed by atoms with Crippen LogP contribution in [0, 0.1) is 0 Å². The minimum Gasteiger partial charge on any atom is -0.477 e. The molecule has 0 saturated carbocycles. The standard InChI is InChI=1S/C23H23N7O7S3/c1-3-37-22(35)18-25-11-7-29(5-4-13(11)40-18)6-10-8-38-20-15(19(32)30(20)16(10)21(33)34)27-17(31)14(28-36-2)12-9-39-23(24)26-12/h4-5,9,15,20H,3,6-8H2,1-2H3,(H2,24,26)(H,27,31)(H,33,34)/b28-14-/t15?,20-/m1/s1. The fraction of sp³-hybridized carbons (Fsp3) is 0.348. The molecule has 0 radical (unpaired) electrons. The Morgan fingerprint density at radius 2 is 2.12 bits per heavy atom. The number of nitrogen functional groups attached to an aromatic ring is 1. The number of β-lactam (4-membered cyclic amide) rings is 1. The predicted octanol–water partition coefficient (Wildman–Crippen LogP) is 0.934. The lowest BCUT2D eigenvalue weighted by atomic mass is 10.0. The number of carboxylic acids is 1. The number of aromatic nitrogens is 2. The second-order valence-electron chi connectivity index (χ2n) is 8.58. The molecule has 1 fully saturated rings. The molecule has 14 nitrogen and oxygen atoms in total. The highest BCUT2D eigenvalue weighted by atomic mass is 32.2. The number of nitrogens with zero attached hydrogens (tertiary/aromatic N) is 5. The van der Waals surface area contributed by atoms with Gasteiger partial charge in [0.25, 0.3) is 11.8 Å². The fourth-order valence-corrected chi connectivity index (χ4v) is 7.11. The Morgan fingerprint density at radius 1 is 1.32 bits per heavy atom. The van der Waals surface area contributed by atoms with E-state index in [4.69, 9.17) is 15.3 Å². The van der Waals surface area contributed by atoms with E-state index >= 15 is 0 Å². The number of carbonyl (C=O) groups is 4. The van der Waals surface area contributed by atoms with E-state index in [1.165, 1.54) is 40.5 Å². The molecule has 2 atom stereocenters. The molecule has 5 rings (SSSR count). The smallest absolute Gasteiger partial charge is 0.367 e. The van der Waals surface area contributed by atoms with Gasteiger partial charge in [-0.25, -0.2) is 19.6 Å². The molecule has 0 aliphatic carbocycles. The number of carbonyl (C=O) groups excluding carboxylic acids is 3. The first-order valence-corrected chi connectivity index (χ1v) is 14.6. The van der Waals surface area contributed by atoms with Gasteiger partial charge in [0.15, 0.2) is 10.8 Å². The van der Waals surface area contributed by atoms with Crippen LogP contribution in [-0.4, -0.2) is 91.8 Å². The van der Waals surface area contributed by atoms with Crippen molar-refractivity contribution >= 4 is 75.1 Å². The molecule has 0 bridgehead atoms. The maximum absolute atomic E-state index is 13.1. The lowest BCUT2D eigenvalue weighted by Gasteiger charge is -2.49. The third-order valence-electron chi connectivity index (χ3n) is 6.06. The topological polar surface area (TPSA) is 190 Å². The lowest BCUT2D eigenvalue weighted by Crippen LogP contribution is -2.71. The van der Waals surface area contributed by atoms with Gasteiger partial charge in [0.1, 0.15) is 29.9 Å². The SMILES string of the molecule is CCOC(=O)c1nc2c(s1)C=CN(CC1=C(C(=O)O)N3C(=O)C(NC(=O)/C(=N\OC)c4csc(N)n4)[C@H]3SC1)C2. The van der Waals surface area contributed by atoms with E-state index in [1.54, 1.807) is 6.92 Å². The summed E-state index contributed by atoms with van der Waals surface area (Å²) in [4.78, 5) is 67.5. The normalized spacial score (nSPS) is 20.1. The monoisotopic (exact) mass is 605 g/mol. The second-order valence-corrected chi connectivity index (χ2v) is 11.6. The Morgan fingerprint density at radius 3 is 2.80 bits per heavy atom. The molecule has 1 unspecified atom stereocenters. The summed E-state index contributed by atoms with van der Waals surface area (Å²) >= 11 is 3.70. The average Bonchev–Trinajstić information content (AvgIpc) is 3.55. The van der Waals surface area contributed by atoms with Crippen LogP contribution in [0.5, 0.6) is 0 Å². The van der Waals surface area contributed by atoms with Crippen molar-refractivity contribution in [2.75, 3.05) is 31.7 Å². The number of hydrogen-bond donors (Lipinski definition) is 3. The zero-order valence-corrected chi connectivity index (χ0v) is 23.6.